The number of hydrogen-bond donors (Lipinski definition) is 0. The first-order valence-electron chi connectivity index (χ1n) is 3.96. The third kappa shape index (κ3) is 3.34. The molecule has 2 atom stereocenters. The predicted octanol–water partition coefficient (Wildman–Crippen LogP) is -1.89. The van der Waals surface area contributed by atoms with E-state index < -0.39 is 15.4 Å². The van der Waals surface area contributed by atoms with Crippen LogP contribution in [0.25, 0.3) is 0 Å². The maximum atomic E-state index is 10.6. The van der Waals surface area contributed by atoms with Gasteiger partial charge < -0.3 is 4.55 Å². The van der Waals surface area contributed by atoms with Gasteiger partial charge in [-0.05, 0) is 18.8 Å². The number of hydrogen-bond acceptors (Lipinski definition) is 3. The predicted molar refractivity (Wildman–Crippen MR) is 41.1 cm³/mol. The van der Waals surface area contributed by atoms with Crippen LogP contribution in [0.4, 0.5) is 0 Å². The van der Waals surface area contributed by atoms with Crippen LogP contribution in [0, 0.1) is 5.92 Å². The molecule has 2 unspecified atom stereocenters. The second-order valence-corrected chi connectivity index (χ2v) is 4.88. The second-order valence-electron chi connectivity index (χ2n) is 3.29. The molecule has 0 aromatic heterocycles. The van der Waals surface area contributed by atoms with Crippen molar-refractivity contribution < 1.29 is 42.5 Å². The standard InChI is InChI=1S/C7H14O3S.Na/c1-6-4-2-3-5-7(6)11(8,9)10;/h6-7H,2-5H2,1H3,(H,8,9,10);/q;+1/p-1. The van der Waals surface area contributed by atoms with Crippen LogP contribution < -0.4 is 29.6 Å². The summed E-state index contributed by atoms with van der Waals surface area (Å²) in [6, 6.07) is 0. The summed E-state index contributed by atoms with van der Waals surface area (Å²) in [5, 5.41) is -0.615. The molecule has 0 N–H and O–H groups in total. The first-order valence-corrected chi connectivity index (χ1v) is 5.43. The molecule has 1 rings (SSSR count). The largest absolute Gasteiger partial charge is 1.00 e. The zero-order chi connectivity index (χ0) is 8.48. The fraction of sp³-hybridized carbons (Fsp3) is 1.00. The maximum absolute atomic E-state index is 10.6. The van der Waals surface area contributed by atoms with Crippen LogP contribution in [0.5, 0.6) is 0 Å². The van der Waals surface area contributed by atoms with Crippen LogP contribution >= 0.6 is 0 Å². The van der Waals surface area contributed by atoms with E-state index in [1.165, 1.54) is 0 Å². The molecular formula is C7H13NaO3S. The van der Waals surface area contributed by atoms with Gasteiger partial charge in [0.1, 0.15) is 0 Å². The summed E-state index contributed by atoms with van der Waals surface area (Å²) < 4.78 is 31.9. The van der Waals surface area contributed by atoms with Crippen molar-refractivity contribution in [2.45, 2.75) is 37.9 Å². The van der Waals surface area contributed by atoms with Crippen molar-refractivity contribution >= 4 is 10.1 Å². The topological polar surface area (TPSA) is 57.2 Å². The Bertz CT molecular complexity index is 225. The van der Waals surface area contributed by atoms with Crippen molar-refractivity contribution in [2.75, 3.05) is 0 Å². The number of rotatable bonds is 1. The Balaban J connectivity index is 0.00000121. The van der Waals surface area contributed by atoms with Crippen LogP contribution in [-0.4, -0.2) is 18.2 Å². The monoisotopic (exact) mass is 200 g/mol. The molecule has 0 aliphatic heterocycles. The van der Waals surface area contributed by atoms with Gasteiger partial charge in [-0.15, -0.1) is 0 Å². The normalized spacial score (nSPS) is 30.8. The Morgan fingerprint density at radius 1 is 1.25 bits per heavy atom. The Labute approximate surface area is 96.0 Å². The molecule has 66 valence electrons. The summed E-state index contributed by atoms with van der Waals surface area (Å²) in [6.07, 6.45) is 3.39. The van der Waals surface area contributed by atoms with Crippen LogP contribution in [-0.2, 0) is 10.1 Å². The Kier molecular flexibility index (Phi) is 5.33. The quantitative estimate of drug-likeness (QED) is 0.367. The molecule has 0 aromatic carbocycles. The summed E-state index contributed by atoms with van der Waals surface area (Å²) in [4.78, 5) is 0. The Hall–Kier alpha value is 0.910. The van der Waals surface area contributed by atoms with E-state index in [-0.39, 0.29) is 35.5 Å². The third-order valence-corrected chi connectivity index (χ3v) is 3.85. The van der Waals surface area contributed by atoms with Gasteiger partial charge in [-0.25, -0.2) is 8.42 Å². The van der Waals surface area contributed by atoms with E-state index >= 15 is 0 Å². The van der Waals surface area contributed by atoms with Gasteiger partial charge in [-0.1, -0.05) is 19.8 Å². The van der Waals surface area contributed by atoms with E-state index in [1.54, 1.807) is 0 Å². The summed E-state index contributed by atoms with van der Waals surface area (Å²) >= 11 is 0. The molecule has 12 heavy (non-hydrogen) atoms. The minimum atomic E-state index is -4.03. The van der Waals surface area contributed by atoms with Crippen molar-refractivity contribution in [1.29, 1.82) is 0 Å². The van der Waals surface area contributed by atoms with E-state index in [4.69, 9.17) is 0 Å². The molecule has 0 aromatic rings. The van der Waals surface area contributed by atoms with Gasteiger partial charge in [-0.3, -0.25) is 0 Å². The Morgan fingerprint density at radius 3 is 2.08 bits per heavy atom. The zero-order valence-electron chi connectivity index (χ0n) is 7.62. The summed E-state index contributed by atoms with van der Waals surface area (Å²) in [7, 11) is -4.03. The molecule has 0 amide bonds. The van der Waals surface area contributed by atoms with Crippen molar-refractivity contribution in [2.24, 2.45) is 5.92 Å². The van der Waals surface area contributed by atoms with E-state index in [1.807, 2.05) is 6.92 Å². The SMILES string of the molecule is CC1CCCCC1S(=O)(=O)[O-].[Na+]. The third-order valence-electron chi connectivity index (χ3n) is 2.40. The average Bonchev–Trinajstić information content (AvgIpc) is 1.86. The minimum Gasteiger partial charge on any atom is -0.748 e. The molecule has 1 aliphatic carbocycles. The Morgan fingerprint density at radius 2 is 1.75 bits per heavy atom. The fourth-order valence-corrected chi connectivity index (χ4v) is 2.87. The molecule has 0 spiro atoms. The summed E-state index contributed by atoms with van der Waals surface area (Å²) in [5.41, 5.74) is 0. The van der Waals surface area contributed by atoms with Gasteiger partial charge in [0.05, 0.1) is 15.4 Å². The molecule has 0 radical (unpaired) electrons. The van der Waals surface area contributed by atoms with Crippen LogP contribution in [0.2, 0.25) is 0 Å². The van der Waals surface area contributed by atoms with Gasteiger partial charge in [-0.2, -0.15) is 0 Å². The van der Waals surface area contributed by atoms with Crippen LogP contribution in [0.3, 0.4) is 0 Å². The molecule has 1 saturated carbocycles. The molecule has 0 bridgehead atoms. The molecule has 5 heteroatoms. The van der Waals surface area contributed by atoms with Crippen molar-refractivity contribution in [1.82, 2.24) is 0 Å². The van der Waals surface area contributed by atoms with E-state index in [9.17, 15) is 13.0 Å². The molecule has 3 nitrogen and oxygen atoms in total. The molecule has 0 saturated heterocycles. The average molecular weight is 200 g/mol. The summed E-state index contributed by atoms with van der Waals surface area (Å²) in [6.45, 7) is 1.85. The van der Waals surface area contributed by atoms with Crippen molar-refractivity contribution in [3.05, 3.63) is 0 Å². The van der Waals surface area contributed by atoms with Crippen molar-refractivity contribution in [3.63, 3.8) is 0 Å². The summed E-state index contributed by atoms with van der Waals surface area (Å²) in [5.74, 6) is 0.0613. The van der Waals surface area contributed by atoms with Gasteiger partial charge in [0.15, 0.2) is 0 Å². The van der Waals surface area contributed by atoms with Crippen molar-refractivity contribution in [3.8, 4) is 0 Å². The molecule has 1 fully saturated rings. The van der Waals surface area contributed by atoms with E-state index in [2.05, 4.69) is 0 Å². The molecule has 0 heterocycles. The van der Waals surface area contributed by atoms with Gasteiger partial charge in [0, 0.05) is 0 Å². The van der Waals surface area contributed by atoms with E-state index in [0.29, 0.717) is 6.42 Å². The van der Waals surface area contributed by atoms with Gasteiger partial charge in [0.25, 0.3) is 0 Å². The molecule has 1 aliphatic rings. The smallest absolute Gasteiger partial charge is 0.748 e. The van der Waals surface area contributed by atoms with Gasteiger partial charge >= 0.3 is 29.6 Å². The molecular weight excluding hydrogens is 187 g/mol. The fourth-order valence-electron chi connectivity index (χ4n) is 1.71. The zero-order valence-corrected chi connectivity index (χ0v) is 10.4. The maximum Gasteiger partial charge on any atom is 1.00 e. The second kappa shape index (κ2) is 4.96. The minimum absolute atomic E-state index is 0. The van der Waals surface area contributed by atoms with Crippen LogP contribution in [0.1, 0.15) is 32.6 Å². The van der Waals surface area contributed by atoms with Crippen LogP contribution in [0.15, 0.2) is 0 Å². The first kappa shape index (κ1) is 12.9. The first-order chi connectivity index (χ1) is 5.02. The van der Waals surface area contributed by atoms with Gasteiger partial charge in [0.2, 0.25) is 0 Å². The van der Waals surface area contributed by atoms with E-state index in [0.717, 1.165) is 19.3 Å².